The highest BCUT2D eigenvalue weighted by molar-refractivity contribution is 5.76. The smallest absolute Gasteiger partial charge is 0.220 e. The van der Waals surface area contributed by atoms with E-state index in [0.29, 0.717) is 5.92 Å². The summed E-state index contributed by atoms with van der Waals surface area (Å²) in [6.07, 6.45) is 3.01. The Bertz CT molecular complexity index is 123. The van der Waals surface area contributed by atoms with Gasteiger partial charge in [0, 0.05) is 5.92 Å². The van der Waals surface area contributed by atoms with Gasteiger partial charge in [0.2, 0.25) is 5.91 Å². The molecule has 0 saturated heterocycles. The third-order valence-electron chi connectivity index (χ3n) is 2.30. The highest BCUT2D eigenvalue weighted by atomic mass is 16.1. The Labute approximate surface area is 69.2 Å². The second-order valence-corrected chi connectivity index (χ2v) is 3.18. The van der Waals surface area contributed by atoms with Crippen LogP contribution in [0.2, 0.25) is 0 Å². The number of carbonyl (C=O) groups excluding carboxylic acids is 1. The van der Waals surface area contributed by atoms with Crippen molar-refractivity contribution in [1.82, 2.24) is 0 Å². The van der Waals surface area contributed by atoms with E-state index in [1.165, 1.54) is 0 Å². The lowest BCUT2D eigenvalue weighted by Gasteiger charge is -2.18. The van der Waals surface area contributed by atoms with Crippen LogP contribution in [0, 0.1) is 11.8 Å². The van der Waals surface area contributed by atoms with E-state index < -0.39 is 0 Å². The summed E-state index contributed by atoms with van der Waals surface area (Å²) in [6.45, 7) is 6.26. The van der Waals surface area contributed by atoms with Crippen molar-refractivity contribution >= 4 is 5.91 Å². The first-order chi connectivity index (χ1) is 5.13. The SMILES string of the molecule is CCC[C@@H](C(N)=O)[C@@H](C)CC. The predicted molar refractivity (Wildman–Crippen MR) is 47.0 cm³/mol. The van der Waals surface area contributed by atoms with E-state index in [9.17, 15) is 4.79 Å². The topological polar surface area (TPSA) is 43.1 Å². The van der Waals surface area contributed by atoms with Crippen LogP contribution in [0.25, 0.3) is 0 Å². The lowest BCUT2D eigenvalue weighted by Crippen LogP contribution is -2.28. The van der Waals surface area contributed by atoms with Crippen LogP contribution in [0.15, 0.2) is 0 Å². The Morgan fingerprint density at radius 3 is 2.27 bits per heavy atom. The third-order valence-corrected chi connectivity index (χ3v) is 2.30. The first-order valence-corrected chi connectivity index (χ1v) is 4.42. The second kappa shape index (κ2) is 5.16. The molecule has 2 nitrogen and oxygen atoms in total. The average molecular weight is 157 g/mol. The average Bonchev–Trinajstić information content (AvgIpc) is 1.98. The van der Waals surface area contributed by atoms with E-state index in [0.717, 1.165) is 19.3 Å². The zero-order valence-corrected chi connectivity index (χ0v) is 7.76. The van der Waals surface area contributed by atoms with Crippen LogP contribution < -0.4 is 5.73 Å². The second-order valence-electron chi connectivity index (χ2n) is 3.18. The van der Waals surface area contributed by atoms with Gasteiger partial charge >= 0.3 is 0 Å². The van der Waals surface area contributed by atoms with Crippen molar-refractivity contribution in [3.05, 3.63) is 0 Å². The Hall–Kier alpha value is -0.530. The van der Waals surface area contributed by atoms with Gasteiger partial charge in [-0.25, -0.2) is 0 Å². The Morgan fingerprint density at radius 2 is 2.00 bits per heavy atom. The van der Waals surface area contributed by atoms with Crippen LogP contribution in [0.5, 0.6) is 0 Å². The monoisotopic (exact) mass is 157 g/mol. The molecule has 0 spiro atoms. The number of nitrogens with two attached hydrogens (primary N) is 1. The quantitative estimate of drug-likeness (QED) is 0.651. The largest absolute Gasteiger partial charge is 0.369 e. The first-order valence-electron chi connectivity index (χ1n) is 4.42. The molecule has 0 aliphatic rings. The van der Waals surface area contributed by atoms with Crippen LogP contribution in [-0.2, 0) is 4.79 Å². The van der Waals surface area contributed by atoms with E-state index >= 15 is 0 Å². The molecule has 0 aromatic carbocycles. The summed E-state index contributed by atoms with van der Waals surface area (Å²) in [4.78, 5) is 10.9. The lowest BCUT2D eigenvalue weighted by molar-refractivity contribution is -0.123. The van der Waals surface area contributed by atoms with Gasteiger partial charge in [0.25, 0.3) is 0 Å². The molecular formula is C9H19NO. The zero-order valence-electron chi connectivity index (χ0n) is 7.76. The van der Waals surface area contributed by atoms with E-state index in [1.54, 1.807) is 0 Å². The zero-order chi connectivity index (χ0) is 8.85. The molecule has 0 fully saturated rings. The minimum absolute atomic E-state index is 0.0880. The lowest BCUT2D eigenvalue weighted by atomic mass is 9.88. The van der Waals surface area contributed by atoms with E-state index in [-0.39, 0.29) is 11.8 Å². The van der Waals surface area contributed by atoms with E-state index in [2.05, 4.69) is 20.8 Å². The summed E-state index contributed by atoms with van der Waals surface area (Å²) in [5, 5.41) is 0. The van der Waals surface area contributed by atoms with Gasteiger partial charge in [-0.2, -0.15) is 0 Å². The molecular weight excluding hydrogens is 138 g/mol. The van der Waals surface area contributed by atoms with Crippen molar-refractivity contribution in [3.8, 4) is 0 Å². The minimum atomic E-state index is -0.138. The van der Waals surface area contributed by atoms with Crippen LogP contribution >= 0.6 is 0 Å². The molecule has 0 aromatic heterocycles. The summed E-state index contributed by atoms with van der Waals surface area (Å²) in [5.41, 5.74) is 5.26. The molecule has 0 rings (SSSR count). The summed E-state index contributed by atoms with van der Waals surface area (Å²) in [6, 6.07) is 0. The Kier molecular flexibility index (Phi) is 4.92. The fraction of sp³-hybridized carbons (Fsp3) is 0.889. The molecule has 0 radical (unpaired) electrons. The molecule has 2 atom stereocenters. The molecule has 0 heterocycles. The maximum Gasteiger partial charge on any atom is 0.220 e. The molecule has 0 bridgehead atoms. The summed E-state index contributed by atoms with van der Waals surface area (Å²) in [5.74, 6) is 0.388. The number of amides is 1. The number of carbonyl (C=O) groups is 1. The Balaban J connectivity index is 3.97. The van der Waals surface area contributed by atoms with Gasteiger partial charge in [-0.1, -0.05) is 33.6 Å². The van der Waals surface area contributed by atoms with Gasteiger partial charge in [-0.15, -0.1) is 0 Å². The molecule has 2 N–H and O–H groups in total. The fourth-order valence-corrected chi connectivity index (χ4v) is 1.30. The summed E-state index contributed by atoms with van der Waals surface area (Å²) >= 11 is 0. The maximum absolute atomic E-state index is 10.9. The van der Waals surface area contributed by atoms with Crippen molar-refractivity contribution in [3.63, 3.8) is 0 Å². The number of rotatable bonds is 5. The summed E-state index contributed by atoms with van der Waals surface area (Å²) < 4.78 is 0. The van der Waals surface area contributed by atoms with Crippen molar-refractivity contribution < 1.29 is 4.79 Å². The highest BCUT2D eigenvalue weighted by Crippen LogP contribution is 2.19. The predicted octanol–water partition coefficient (Wildman–Crippen LogP) is 1.93. The Morgan fingerprint density at radius 1 is 1.45 bits per heavy atom. The van der Waals surface area contributed by atoms with Crippen LogP contribution in [-0.4, -0.2) is 5.91 Å². The van der Waals surface area contributed by atoms with Crippen molar-refractivity contribution in [2.75, 3.05) is 0 Å². The third kappa shape index (κ3) is 3.40. The summed E-state index contributed by atoms with van der Waals surface area (Å²) in [7, 11) is 0. The van der Waals surface area contributed by atoms with Gasteiger partial charge in [0.1, 0.15) is 0 Å². The van der Waals surface area contributed by atoms with E-state index in [1.807, 2.05) is 0 Å². The minimum Gasteiger partial charge on any atom is -0.369 e. The van der Waals surface area contributed by atoms with Crippen LogP contribution in [0.3, 0.4) is 0 Å². The fourth-order valence-electron chi connectivity index (χ4n) is 1.30. The van der Waals surface area contributed by atoms with Crippen molar-refractivity contribution in [2.45, 2.75) is 40.0 Å². The molecule has 0 aliphatic heterocycles. The highest BCUT2D eigenvalue weighted by Gasteiger charge is 2.19. The molecule has 0 aliphatic carbocycles. The maximum atomic E-state index is 10.9. The number of primary amides is 1. The van der Waals surface area contributed by atoms with Gasteiger partial charge in [0.15, 0.2) is 0 Å². The van der Waals surface area contributed by atoms with Crippen LogP contribution in [0.1, 0.15) is 40.0 Å². The van der Waals surface area contributed by atoms with Gasteiger partial charge in [-0.05, 0) is 12.3 Å². The van der Waals surface area contributed by atoms with E-state index in [4.69, 9.17) is 5.73 Å². The number of hydrogen-bond donors (Lipinski definition) is 1. The van der Waals surface area contributed by atoms with Gasteiger partial charge in [-0.3, -0.25) is 4.79 Å². The molecule has 66 valence electrons. The van der Waals surface area contributed by atoms with Gasteiger partial charge in [0.05, 0.1) is 0 Å². The standard InChI is InChI=1S/C9H19NO/c1-4-6-8(9(10)11)7(3)5-2/h7-8H,4-6H2,1-3H3,(H2,10,11)/t7-,8+/m0/s1. The van der Waals surface area contributed by atoms with Gasteiger partial charge < -0.3 is 5.73 Å². The normalized spacial score (nSPS) is 15.9. The van der Waals surface area contributed by atoms with Crippen molar-refractivity contribution in [1.29, 1.82) is 0 Å². The number of hydrogen-bond acceptors (Lipinski definition) is 1. The molecule has 0 aromatic rings. The van der Waals surface area contributed by atoms with Crippen molar-refractivity contribution in [2.24, 2.45) is 17.6 Å². The van der Waals surface area contributed by atoms with Crippen LogP contribution in [0.4, 0.5) is 0 Å². The molecule has 0 unspecified atom stereocenters. The molecule has 2 heteroatoms. The molecule has 1 amide bonds. The molecule has 0 saturated carbocycles. The molecule has 11 heavy (non-hydrogen) atoms. The first kappa shape index (κ1) is 10.5.